The van der Waals surface area contributed by atoms with Crippen molar-refractivity contribution in [3.05, 3.63) is 22.4 Å². The molecule has 1 heterocycles. The van der Waals surface area contributed by atoms with Crippen molar-refractivity contribution in [2.45, 2.75) is 0 Å². The van der Waals surface area contributed by atoms with Crippen LogP contribution in [0.2, 0.25) is 0 Å². The third kappa shape index (κ3) is 2.06. The first-order valence-corrected chi connectivity index (χ1v) is 5.91. The predicted octanol–water partition coefficient (Wildman–Crippen LogP) is 2.37. The highest BCUT2D eigenvalue weighted by molar-refractivity contribution is 7.72. The minimum Gasteiger partial charge on any atom is -0.306 e. The van der Waals surface area contributed by atoms with Gasteiger partial charge in [0, 0.05) is 25.2 Å². The lowest BCUT2D eigenvalue weighted by Crippen LogP contribution is -2.02. The fraction of sp³-hybridized carbons (Fsp3) is 0.286. The van der Waals surface area contributed by atoms with Gasteiger partial charge in [0.15, 0.2) is 0 Å². The van der Waals surface area contributed by atoms with E-state index < -0.39 is 13.1 Å². The lowest BCUT2D eigenvalue weighted by atomic mass is 10.4. The molecule has 1 aromatic rings. The zero-order valence-corrected chi connectivity index (χ0v) is 8.93. The van der Waals surface area contributed by atoms with E-state index in [4.69, 9.17) is 0 Å². The number of hydrogen-bond donors (Lipinski definition) is 0. The predicted molar refractivity (Wildman–Crippen MR) is 50.3 cm³/mol. The van der Waals surface area contributed by atoms with Crippen LogP contribution in [0.4, 0.5) is 0 Å². The molecule has 6 heteroatoms. The molecule has 0 saturated heterocycles. The summed E-state index contributed by atoms with van der Waals surface area (Å²) < 4.78 is 20.7. The number of carbonyl (C=O) groups excluding carboxylic acids is 1. The van der Waals surface area contributed by atoms with Gasteiger partial charge in [-0.3, -0.25) is 9.36 Å². The van der Waals surface area contributed by atoms with Gasteiger partial charge in [0.05, 0.1) is 0 Å². The van der Waals surface area contributed by atoms with Crippen molar-refractivity contribution in [2.24, 2.45) is 0 Å². The van der Waals surface area contributed by atoms with Crippen molar-refractivity contribution < 1.29 is 18.4 Å². The number of rotatable bonds is 4. The van der Waals surface area contributed by atoms with E-state index in [1.165, 1.54) is 25.6 Å². The van der Waals surface area contributed by atoms with E-state index in [9.17, 15) is 9.36 Å². The second-order valence-electron chi connectivity index (χ2n) is 2.18. The minimum absolute atomic E-state index is 0.358. The normalized spacial score (nSPS) is 11.5. The molecule has 4 nitrogen and oxygen atoms in total. The first-order valence-electron chi connectivity index (χ1n) is 3.42. The third-order valence-corrected chi connectivity index (χ3v) is 3.90. The topological polar surface area (TPSA) is 52.6 Å². The molecule has 0 fully saturated rings. The molecule has 0 unspecified atom stereocenters. The molecule has 0 atom stereocenters. The Kier molecular flexibility index (Phi) is 3.39. The Balaban J connectivity index is 2.96. The van der Waals surface area contributed by atoms with E-state index >= 15 is 0 Å². The van der Waals surface area contributed by atoms with Crippen LogP contribution in [-0.2, 0) is 13.6 Å². The summed E-state index contributed by atoms with van der Waals surface area (Å²) in [6.45, 7) is 0. The fourth-order valence-corrected chi connectivity index (χ4v) is 2.44. The highest BCUT2D eigenvalue weighted by Crippen LogP contribution is 2.49. The number of carbonyl (C=O) groups is 1. The Hall–Kier alpha value is -0.480. The number of thiophene rings is 1. The van der Waals surface area contributed by atoms with Crippen LogP contribution in [0.25, 0.3) is 0 Å². The third-order valence-electron chi connectivity index (χ3n) is 1.50. The monoisotopic (exact) mass is 220 g/mol. The van der Waals surface area contributed by atoms with Crippen LogP contribution in [0, 0.1) is 0 Å². The molecule has 0 spiro atoms. The Morgan fingerprint density at radius 1 is 1.46 bits per heavy atom. The molecule has 0 N–H and O–H groups in total. The van der Waals surface area contributed by atoms with Gasteiger partial charge in [-0.05, 0) is 11.4 Å². The molecule has 0 bridgehead atoms. The first-order chi connectivity index (χ1) is 6.14. The maximum atomic E-state index is 11.6. The summed E-state index contributed by atoms with van der Waals surface area (Å²) in [4.78, 5) is 11.5. The molecule has 0 aromatic carbocycles. The van der Waals surface area contributed by atoms with Gasteiger partial charge >= 0.3 is 7.60 Å². The molecule has 13 heavy (non-hydrogen) atoms. The van der Waals surface area contributed by atoms with E-state index in [2.05, 4.69) is 9.05 Å². The van der Waals surface area contributed by atoms with Gasteiger partial charge in [-0.15, -0.1) is 0 Å². The van der Waals surface area contributed by atoms with Gasteiger partial charge in [0.1, 0.15) is 0 Å². The standard InChI is InChI=1S/C7H9O4PS/c1-10-12(9,11-2)7(8)6-3-4-13-5-6/h3-5H,1-2H3. The summed E-state index contributed by atoms with van der Waals surface area (Å²) in [5, 5.41) is 3.33. The van der Waals surface area contributed by atoms with Crippen molar-refractivity contribution in [1.29, 1.82) is 0 Å². The van der Waals surface area contributed by atoms with Crippen LogP contribution in [0.15, 0.2) is 16.8 Å². The van der Waals surface area contributed by atoms with E-state index in [1.807, 2.05) is 0 Å². The summed E-state index contributed by atoms with van der Waals surface area (Å²) in [6, 6.07) is 1.58. The lowest BCUT2D eigenvalue weighted by Gasteiger charge is -2.10. The molecule has 72 valence electrons. The van der Waals surface area contributed by atoms with Gasteiger partial charge in [0.2, 0.25) is 0 Å². The van der Waals surface area contributed by atoms with E-state index in [0.29, 0.717) is 5.56 Å². The van der Waals surface area contributed by atoms with Crippen LogP contribution in [-0.4, -0.2) is 19.7 Å². The Labute approximate surface area is 80.0 Å². The average Bonchev–Trinajstić information content (AvgIpc) is 2.68. The van der Waals surface area contributed by atoms with Gasteiger partial charge in [-0.25, -0.2) is 0 Å². The van der Waals surface area contributed by atoms with Crippen molar-refractivity contribution >= 4 is 24.5 Å². The van der Waals surface area contributed by atoms with E-state index in [0.717, 1.165) is 0 Å². The van der Waals surface area contributed by atoms with Crippen LogP contribution < -0.4 is 0 Å². The summed E-state index contributed by atoms with van der Waals surface area (Å²) in [5.74, 6) is 0. The first kappa shape index (κ1) is 10.6. The second kappa shape index (κ2) is 4.15. The molecular weight excluding hydrogens is 211 g/mol. The lowest BCUT2D eigenvalue weighted by molar-refractivity contribution is 0.102. The molecule has 1 rings (SSSR count). The van der Waals surface area contributed by atoms with Crippen LogP contribution in [0.5, 0.6) is 0 Å². The van der Waals surface area contributed by atoms with Crippen LogP contribution in [0.1, 0.15) is 10.4 Å². The van der Waals surface area contributed by atoms with Crippen molar-refractivity contribution in [3.8, 4) is 0 Å². The quantitative estimate of drug-likeness (QED) is 0.731. The molecule has 0 amide bonds. The summed E-state index contributed by atoms with van der Waals surface area (Å²) in [7, 11) is -1.22. The van der Waals surface area contributed by atoms with Crippen molar-refractivity contribution in [3.63, 3.8) is 0 Å². The summed E-state index contributed by atoms with van der Waals surface area (Å²) >= 11 is 1.35. The molecule has 0 saturated carbocycles. The zero-order chi connectivity index (χ0) is 9.90. The van der Waals surface area contributed by atoms with Crippen molar-refractivity contribution in [2.75, 3.05) is 14.2 Å². The second-order valence-corrected chi connectivity index (χ2v) is 5.09. The maximum absolute atomic E-state index is 11.6. The summed E-state index contributed by atoms with van der Waals surface area (Å²) in [5.41, 5.74) is -0.240. The largest absolute Gasteiger partial charge is 0.401 e. The molecule has 1 aromatic heterocycles. The number of hydrogen-bond acceptors (Lipinski definition) is 5. The fourth-order valence-electron chi connectivity index (χ4n) is 0.785. The van der Waals surface area contributed by atoms with Gasteiger partial charge in [-0.2, -0.15) is 11.3 Å². The van der Waals surface area contributed by atoms with Gasteiger partial charge in [0.25, 0.3) is 5.52 Å². The van der Waals surface area contributed by atoms with Crippen molar-refractivity contribution in [1.82, 2.24) is 0 Å². The van der Waals surface area contributed by atoms with E-state index in [1.54, 1.807) is 16.8 Å². The SMILES string of the molecule is COP(=O)(OC)C(=O)c1ccsc1. The van der Waals surface area contributed by atoms with E-state index in [-0.39, 0.29) is 0 Å². The van der Waals surface area contributed by atoms with Gasteiger partial charge in [-0.1, -0.05) is 0 Å². The van der Waals surface area contributed by atoms with Crippen LogP contribution in [0.3, 0.4) is 0 Å². The summed E-state index contributed by atoms with van der Waals surface area (Å²) in [6.07, 6.45) is 0. The molecule has 0 aliphatic rings. The Morgan fingerprint density at radius 2 is 2.08 bits per heavy atom. The molecule has 0 aliphatic carbocycles. The molecule has 0 radical (unpaired) electrons. The highest BCUT2D eigenvalue weighted by atomic mass is 32.1. The van der Waals surface area contributed by atoms with Gasteiger partial charge < -0.3 is 9.05 Å². The molecular formula is C7H9O4PS. The highest BCUT2D eigenvalue weighted by Gasteiger charge is 2.33. The Morgan fingerprint density at radius 3 is 2.46 bits per heavy atom. The maximum Gasteiger partial charge on any atom is 0.401 e. The molecule has 0 aliphatic heterocycles. The zero-order valence-electron chi connectivity index (χ0n) is 7.22. The van der Waals surface area contributed by atoms with Crippen LogP contribution >= 0.6 is 18.9 Å². The minimum atomic E-state index is -3.59. The smallest absolute Gasteiger partial charge is 0.306 e. The average molecular weight is 220 g/mol. The Bertz CT molecular complexity index is 324.